The summed E-state index contributed by atoms with van der Waals surface area (Å²) >= 11 is 6.52. The topological polar surface area (TPSA) is 48.7 Å². The van der Waals surface area contributed by atoms with Gasteiger partial charge in [-0.05, 0) is 56.1 Å². The smallest absolute Gasteiger partial charge is 0.231 e. The number of rotatable bonds is 4. The summed E-state index contributed by atoms with van der Waals surface area (Å²) in [5.41, 5.74) is 0.400. The molecular weight excluding hydrogens is 380 g/mol. The average molecular weight is 390 g/mol. The van der Waals surface area contributed by atoms with Crippen LogP contribution in [0.25, 0.3) is 0 Å². The Bertz CT molecular complexity index is 619. The second-order valence-electron chi connectivity index (χ2n) is 3.60. The molecule has 0 radical (unpaired) electrons. The zero-order valence-corrected chi connectivity index (χ0v) is 13.4. The Morgan fingerprint density at radius 1 is 1.11 bits per heavy atom. The van der Waals surface area contributed by atoms with Crippen molar-refractivity contribution in [2.75, 3.05) is 14.2 Å². The maximum absolute atomic E-state index is 12.3. The molecule has 0 aliphatic rings. The van der Waals surface area contributed by atoms with Crippen molar-refractivity contribution in [2.24, 2.45) is 0 Å². The molecule has 0 aliphatic heterocycles. The molecule has 0 aliphatic carbocycles. The van der Waals surface area contributed by atoms with E-state index in [4.69, 9.17) is 13.9 Å². The zero-order valence-electron chi connectivity index (χ0n) is 10.2. The van der Waals surface area contributed by atoms with Crippen molar-refractivity contribution in [1.29, 1.82) is 0 Å². The van der Waals surface area contributed by atoms with E-state index in [0.717, 1.165) is 0 Å². The highest BCUT2D eigenvalue weighted by molar-refractivity contribution is 9.10. The van der Waals surface area contributed by atoms with E-state index in [-0.39, 0.29) is 11.5 Å². The van der Waals surface area contributed by atoms with Crippen molar-refractivity contribution in [2.45, 2.75) is 0 Å². The lowest BCUT2D eigenvalue weighted by Crippen LogP contribution is -2.04. The summed E-state index contributed by atoms with van der Waals surface area (Å²) in [6.45, 7) is 0. The van der Waals surface area contributed by atoms with Crippen LogP contribution in [0, 0.1) is 0 Å². The molecule has 0 atom stereocenters. The van der Waals surface area contributed by atoms with Gasteiger partial charge in [0.15, 0.2) is 10.4 Å². The minimum atomic E-state index is -0.258. The van der Waals surface area contributed by atoms with E-state index in [1.807, 2.05) is 0 Å². The first kappa shape index (κ1) is 14.1. The lowest BCUT2D eigenvalue weighted by molar-refractivity contribution is 0.100. The van der Waals surface area contributed by atoms with E-state index < -0.39 is 0 Å². The van der Waals surface area contributed by atoms with E-state index in [0.29, 0.717) is 26.2 Å². The number of carbonyl (C=O) groups is 1. The van der Waals surface area contributed by atoms with Crippen LogP contribution in [0.3, 0.4) is 0 Å². The Morgan fingerprint density at radius 3 is 2.37 bits per heavy atom. The van der Waals surface area contributed by atoms with E-state index in [2.05, 4.69) is 31.9 Å². The summed E-state index contributed by atoms with van der Waals surface area (Å²) in [4.78, 5) is 12.3. The molecular formula is C13H10Br2O4. The quantitative estimate of drug-likeness (QED) is 0.740. The lowest BCUT2D eigenvalue weighted by Gasteiger charge is -2.11. The zero-order chi connectivity index (χ0) is 14.0. The second-order valence-corrected chi connectivity index (χ2v) is 5.17. The van der Waals surface area contributed by atoms with E-state index in [1.165, 1.54) is 7.11 Å². The fourth-order valence-corrected chi connectivity index (χ4v) is 2.62. The number of benzene rings is 1. The van der Waals surface area contributed by atoms with Gasteiger partial charge in [0.1, 0.15) is 16.0 Å². The van der Waals surface area contributed by atoms with Gasteiger partial charge >= 0.3 is 0 Å². The average Bonchev–Trinajstić information content (AvgIpc) is 2.84. The molecule has 6 heteroatoms. The Balaban J connectivity index is 2.50. The van der Waals surface area contributed by atoms with Crippen LogP contribution < -0.4 is 9.47 Å². The highest BCUT2D eigenvalue weighted by atomic mass is 79.9. The molecule has 0 N–H and O–H groups in total. The molecule has 4 nitrogen and oxygen atoms in total. The SMILES string of the molecule is COc1ccc(C(=O)c2ccc(Br)o2)c(OC)c1Br. The molecule has 1 heterocycles. The third-order valence-electron chi connectivity index (χ3n) is 2.53. The number of carbonyl (C=O) groups excluding carboxylic acids is 1. The highest BCUT2D eigenvalue weighted by Crippen LogP contribution is 2.38. The van der Waals surface area contributed by atoms with Crippen LogP contribution in [0.2, 0.25) is 0 Å². The summed E-state index contributed by atoms with van der Waals surface area (Å²) in [5, 5.41) is 0. The van der Waals surface area contributed by atoms with Gasteiger partial charge in [-0.15, -0.1) is 0 Å². The van der Waals surface area contributed by atoms with Crippen LogP contribution in [-0.4, -0.2) is 20.0 Å². The van der Waals surface area contributed by atoms with Gasteiger partial charge in [0.05, 0.1) is 19.8 Å². The molecule has 2 rings (SSSR count). The Kier molecular flexibility index (Phi) is 4.31. The van der Waals surface area contributed by atoms with Gasteiger partial charge in [-0.1, -0.05) is 0 Å². The summed E-state index contributed by atoms with van der Waals surface area (Å²) in [6.07, 6.45) is 0. The molecule has 0 unspecified atom stereocenters. The van der Waals surface area contributed by atoms with Crippen molar-refractivity contribution in [3.05, 3.63) is 44.7 Å². The maximum Gasteiger partial charge on any atom is 0.231 e. The lowest BCUT2D eigenvalue weighted by atomic mass is 10.1. The Hall–Kier alpha value is -1.27. The number of ether oxygens (including phenoxy) is 2. The van der Waals surface area contributed by atoms with Crippen molar-refractivity contribution in [3.63, 3.8) is 0 Å². The van der Waals surface area contributed by atoms with Crippen molar-refractivity contribution >= 4 is 37.6 Å². The Morgan fingerprint density at radius 2 is 1.84 bits per heavy atom. The largest absolute Gasteiger partial charge is 0.495 e. The number of halogens is 2. The standard InChI is InChI=1S/C13H10Br2O4/c1-17-8-4-3-7(13(18-2)11(8)15)12(16)9-5-6-10(14)19-9/h3-6H,1-2H3. The third-order valence-corrected chi connectivity index (χ3v) is 3.70. The van der Waals surface area contributed by atoms with Gasteiger partial charge in [-0.3, -0.25) is 4.79 Å². The first-order valence-electron chi connectivity index (χ1n) is 5.29. The van der Waals surface area contributed by atoms with Crippen LogP contribution in [0.15, 0.2) is 37.8 Å². The van der Waals surface area contributed by atoms with Crippen LogP contribution in [0.1, 0.15) is 16.1 Å². The normalized spacial score (nSPS) is 10.3. The van der Waals surface area contributed by atoms with E-state index >= 15 is 0 Å². The Labute approximate surface area is 127 Å². The fourth-order valence-electron chi connectivity index (χ4n) is 1.64. The first-order valence-corrected chi connectivity index (χ1v) is 6.87. The minimum absolute atomic E-state index is 0.238. The number of ketones is 1. The summed E-state index contributed by atoms with van der Waals surface area (Å²) in [6, 6.07) is 6.60. The number of hydrogen-bond acceptors (Lipinski definition) is 4. The van der Waals surface area contributed by atoms with Gasteiger partial charge in [0.2, 0.25) is 5.78 Å². The first-order chi connectivity index (χ1) is 9.08. The van der Waals surface area contributed by atoms with E-state index in [9.17, 15) is 4.79 Å². The molecule has 0 spiro atoms. The monoisotopic (exact) mass is 388 g/mol. The molecule has 1 aromatic carbocycles. The van der Waals surface area contributed by atoms with Gasteiger partial charge in [-0.2, -0.15) is 0 Å². The van der Waals surface area contributed by atoms with Crippen molar-refractivity contribution in [1.82, 2.24) is 0 Å². The minimum Gasteiger partial charge on any atom is -0.495 e. The number of furan rings is 1. The van der Waals surface area contributed by atoms with Gasteiger partial charge in [0.25, 0.3) is 0 Å². The molecule has 0 bridgehead atoms. The van der Waals surface area contributed by atoms with Gasteiger partial charge < -0.3 is 13.9 Å². The van der Waals surface area contributed by atoms with Crippen LogP contribution >= 0.6 is 31.9 Å². The third kappa shape index (κ3) is 2.69. The molecule has 0 saturated carbocycles. The summed E-state index contributed by atoms with van der Waals surface area (Å²) in [7, 11) is 3.04. The second kappa shape index (κ2) is 5.79. The van der Waals surface area contributed by atoms with Crippen LogP contribution in [0.5, 0.6) is 11.5 Å². The molecule has 19 heavy (non-hydrogen) atoms. The molecule has 0 fully saturated rings. The van der Waals surface area contributed by atoms with E-state index in [1.54, 1.807) is 31.4 Å². The number of hydrogen-bond donors (Lipinski definition) is 0. The van der Waals surface area contributed by atoms with Crippen molar-refractivity contribution in [3.8, 4) is 11.5 Å². The molecule has 0 saturated heterocycles. The summed E-state index contributed by atoms with van der Waals surface area (Å²) < 4.78 is 16.8. The predicted octanol–water partition coefficient (Wildman–Crippen LogP) is 4.05. The van der Waals surface area contributed by atoms with Gasteiger partial charge in [-0.25, -0.2) is 0 Å². The predicted molar refractivity (Wildman–Crippen MR) is 77.1 cm³/mol. The molecule has 1 aromatic heterocycles. The molecule has 100 valence electrons. The number of methoxy groups -OCH3 is 2. The summed E-state index contributed by atoms with van der Waals surface area (Å²) in [5.74, 6) is 0.985. The van der Waals surface area contributed by atoms with Crippen LogP contribution in [0.4, 0.5) is 0 Å². The molecule has 2 aromatic rings. The van der Waals surface area contributed by atoms with Gasteiger partial charge in [0, 0.05) is 0 Å². The van der Waals surface area contributed by atoms with Crippen LogP contribution in [-0.2, 0) is 0 Å². The van der Waals surface area contributed by atoms with Crippen molar-refractivity contribution < 1.29 is 18.7 Å². The molecule has 0 amide bonds. The fraction of sp³-hybridized carbons (Fsp3) is 0.154. The maximum atomic E-state index is 12.3. The highest BCUT2D eigenvalue weighted by Gasteiger charge is 2.21.